The van der Waals surface area contributed by atoms with Gasteiger partial charge in [-0.15, -0.1) is 0 Å². The fourth-order valence-electron chi connectivity index (χ4n) is 1.82. The molecule has 0 aliphatic carbocycles. The highest BCUT2D eigenvalue weighted by Crippen LogP contribution is 2.21. The normalized spacial score (nSPS) is 12.5. The highest BCUT2D eigenvalue weighted by atomic mass is 32.2. The van der Waals surface area contributed by atoms with Crippen LogP contribution in [0.25, 0.3) is 5.52 Å². The number of fused-ring (bicyclic) bond motifs is 1. The van der Waals surface area contributed by atoms with E-state index < -0.39 is 10.0 Å². The monoisotopic (exact) mass is 267 g/mol. The molecule has 18 heavy (non-hydrogen) atoms. The Labute approximate surface area is 107 Å². The average Bonchev–Trinajstić information content (AvgIpc) is 2.66. The molecule has 2 rings (SSSR count). The maximum atomic E-state index is 12.2. The predicted molar refractivity (Wildman–Crippen MR) is 70.2 cm³/mol. The topological polar surface area (TPSA) is 54.7 Å². The molecule has 0 aliphatic heterocycles. The van der Waals surface area contributed by atoms with Gasteiger partial charge in [0.2, 0.25) is 0 Å². The first-order valence-electron chi connectivity index (χ1n) is 5.78. The highest BCUT2D eigenvalue weighted by Gasteiger charge is 2.24. The van der Waals surface area contributed by atoms with Crippen molar-refractivity contribution in [3.8, 4) is 0 Å². The number of aromatic nitrogens is 2. The minimum atomic E-state index is -3.50. The summed E-state index contributed by atoms with van der Waals surface area (Å²) in [4.78, 5) is 4.19. The Morgan fingerprint density at radius 2 is 2.00 bits per heavy atom. The summed E-state index contributed by atoms with van der Waals surface area (Å²) >= 11 is 0. The van der Waals surface area contributed by atoms with Crippen LogP contribution in [0.15, 0.2) is 23.4 Å². The van der Waals surface area contributed by atoms with Crippen LogP contribution in [0.4, 0.5) is 0 Å². The van der Waals surface area contributed by atoms with E-state index in [1.165, 1.54) is 18.4 Å². The van der Waals surface area contributed by atoms with Crippen molar-refractivity contribution in [3.05, 3.63) is 29.7 Å². The van der Waals surface area contributed by atoms with Gasteiger partial charge in [-0.25, -0.2) is 17.7 Å². The van der Waals surface area contributed by atoms with Crippen molar-refractivity contribution < 1.29 is 8.42 Å². The van der Waals surface area contributed by atoms with Gasteiger partial charge in [-0.2, -0.15) is 0 Å². The van der Waals surface area contributed by atoms with Crippen LogP contribution in [0.3, 0.4) is 0 Å². The molecule has 0 bridgehead atoms. The Kier molecular flexibility index (Phi) is 3.16. The summed E-state index contributed by atoms with van der Waals surface area (Å²) in [6.07, 6.45) is 2.84. The molecule has 0 unspecified atom stereocenters. The second-order valence-electron chi connectivity index (χ2n) is 4.40. The van der Waals surface area contributed by atoms with E-state index in [2.05, 4.69) is 11.9 Å². The van der Waals surface area contributed by atoms with Gasteiger partial charge in [0.1, 0.15) is 5.82 Å². The summed E-state index contributed by atoms with van der Waals surface area (Å²) in [5, 5.41) is 0.118. The molecular formula is C12H17N3O2S. The molecule has 0 aromatic carbocycles. The highest BCUT2D eigenvalue weighted by molar-refractivity contribution is 7.89. The molecule has 2 aromatic heterocycles. The second kappa shape index (κ2) is 4.37. The van der Waals surface area contributed by atoms with Gasteiger partial charge < -0.3 is 4.40 Å². The van der Waals surface area contributed by atoms with Crippen LogP contribution in [0.1, 0.15) is 18.3 Å². The molecule has 0 fully saturated rings. The number of sulfonamides is 1. The first-order chi connectivity index (χ1) is 8.37. The molecule has 0 radical (unpaired) electrons. The third-order valence-corrected chi connectivity index (χ3v) is 4.72. The zero-order valence-electron chi connectivity index (χ0n) is 11.0. The van der Waals surface area contributed by atoms with Crippen molar-refractivity contribution in [3.63, 3.8) is 0 Å². The molecule has 0 aliphatic rings. The van der Waals surface area contributed by atoms with Crippen LogP contribution in [0, 0.1) is 6.92 Å². The number of hydrogen-bond donors (Lipinski definition) is 0. The Hall–Kier alpha value is -1.40. The van der Waals surface area contributed by atoms with Crippen LogP contribution in [0.2, 0.25) is 0 Å². The lowest BCUT2D eigenvalue weighted by atomic mass is 10.2. The Balaban J connectivity index is 2.76. The lowest BCUT2D eigenvalue weighted by Crippen LogP contribution is -2.22. The largest absolute Gasteiger partial charge is 0.302 e. The van der Waals surface area contributed by atoms with Gasteiger partial charge in [-0.3, -0.25) is 0 Å². The lowest BCUT2D eigenvalue weighted by Gasteiger charge is -2.09. The van der Waals surface area contributed by atoms with Gasteiger partial charge in [0.15, 0.2) is 5.03 Å². The quantitative estimate of drug-likeness (QED) is 0.846. The second-order valence-corrected chi connectivity index (χ2v) is 6.46. The molecule has 0 N–H and O–H groups in total. The van der Waals surface area contributed by atoms with Crippen LogP contribution in [-0.2, 0) is 16.4 Å². The zero-order valence-corrected chi connectivity index (χ0v) is 11.8. The van der Waals surface area contributed by atoms with Gasteiger partial charge in [0, 0.05) is 20.3 Å². The van der Waals surface area contributed by atoms with Crippen LogP contribution >= 0.6 is 0 Å². The van der Waals surface area contributed by atoms with Crippen LogP contribution < -0.4 is 0 Å². The lowest BCUT2D eigenvalue weighted by molar-refractivity contribution is 0.518. The molecule has 0 amide bonds. The van der Waals surface area contributed by atoms with Crippen molar-refractivity contribution >= 4 is 15.5 Å². The Morgan fingerprint density at radius 1 is 1.33 bits per heavy atom. The molecule has 0 atom stereocenters. The van der Waals surface area contributed by atoms with E-state index in [9.17, 15) is 8.42 Å². The van der Waals surface area contributed by atoms with Gasteiger partial charge in [0.05, 0.1) is 5.52 Å². The number of hydrogen-bond acceptors (Lipinski definition) is 3. The first-order valence-corrected chi connectivity index (χ1v) is 7.22. The van der Waals surface area contributed by atoms with E-state index in [1.54, 1.807) is 6.92 Å². The first kappa shape index (κ1) is 13.0. The summed E-state index contributed by atoms with van der Waals surface area (Å²) in [6, 6.07) is 3.75. The SMILES string of the molecule is CCc1ccc2c(S(=O)(=O)N(C)C)nc(C)n2c1. The van der Waals surface area contributed by atoms with Crippen molar-refractivity contribution in [1.29, 1.82) is 0 Å². The molecular weight excluding hydrogens is 250 g/mol. The molecule has 0 spiro atoms. The van der Waals surface area contributed by atoms with E-state index in [4.69, 9.17) is 0 Å². The number of aryl methyl sites for hydroxylation is 2. The summed E-state index contributed by atoms with van der Waals surface area (Å²) in [5.74, 6) is 0.681. The van der Waals surface area contributed by atoms with Crippen LogP contribution in [0.5, 0.6) is 0 Å². The van der Waals surface area contributed by atoms with Crippen molar-refractivity contribution in [2.75, 3.05) is 14.1 Å². The summed E-state index contributed by atoms with van der Waals surface area (Å²) in [6.45, 7) is 3.87. The molecule has 0 saturated carbocycles. The summed E-state index contributed by atoms with van der Waals surface area (Å²) < 4.78 is 27.3. The Bertz CT molecular complexity index is 687. The molecule has 0 saturated heterocycles. The molecule has 6 heteroatoms. The molecule has 98 valence electrons. The van der Waals surface area contributed by atoms with Gasteiger partial charge in [-0.05, 0) is 25.0 Å². The van der Waals surface area contributed by atoms with E-state index in [-0.39, 0.29) is 5.03 Å². The molecule has 2 heterocycles. The zero-order chi connectivity index (χ0) is 13.5. The van der Waals surface area contributed by atoms with E-state index in [0.717, 1.165) is 12.0 Å². The number of pyridine rings is 1. The minimum Gasteiger partial charge on any atom is -0.302 e. The van der Waals surface area contributed by atoms with Crippen LogP contribution in [-0.4, -0.2) is 36.2 Å². The van der Waals surface area contributed by atoms with Gasteiger partial charge in [0.25, 0.3) is 10.0 Å². The maximum Gasteiger partial charge on any atom is 0.262 e. The molecule has 2 aromatic rings. The Morgan fingerprint density at radius 3 is 2.56 bits per heavy atom. The minimum absolute atomic E-state index is 0.118. The van der Waals surface area contributed by atoms with Crippen molar-refractivity contribution in [2.45, 2.75) is 25.3 Å². The summed E-state index contributed by atoms with van der Waals surface area (Å²) in [5.41, 5.74) is 1.77. The van der Waals surface area contributed by atoms with Gasteiger partial charge in [-0.1, -0.05) is 13.0 Å². The van der Waals surface area contributed by atoms with Crippen molar-refractivity contribution in [1.82, 2.24) is 13.7 Å². The summed E-state index contributed by atoms with van der Waals surface area (Å²) in [7, 11) is -0.480. The standard InChI is InChI=1S/C12H17N3O2S/c1-5-10-6-7-11-12(18(16,17)14(3)4)13-9(2)15(11)8-10/h6-8H,5H2,1-4H3. The fraction of sp³-hybridized carbons (Fsp3) is 0.417. The van der Waals surface area contributed by atoms with Gasteiger partial charge >= 0.3 is 0 Å². The number of imidazole rings is 1. The maximum absolute atomic E-state index is 12.2. The predicted octanol–water partition coefficient (Wildman–Crippen LogP) is 1.46. The average molecular weight is 267 g/mol. The number of rotatable bonds is 3. The smallest absolute Gasteiger partial charge is 0.262 e. The third kappa shape index (κ3) is 1.91. The van der Waals surface area contributed by atoms with E-state index in [0.29, 0.717) is 11.3 Å². The van der Waals surface area contributed by atoms with E-state index >= 15 is 0 Å². The van der Waals surface area contributed by atoms with E-state index in [1.807, 2.05) is 22.7 Å². The van der Waals surface area contributed by atoms with Crippen molar-refractivity contribution in [2.24, 2.45) is 0 Å². The molecule has 5 nitrogen and oxygen atoms in total. The third-order valence-electron chi connectivity index (χ3n) is 2.97. The fourth-order valence-corrected chi connectivity index (χ4v) is 2.84. The number of nitrogens with zero attached hydrogens (tertiary/aromatic N) is 3.